The van der Waals surface area contributed by atoms with E-state index in [1.807, 2.05) is 23.4 Å². The lowest BCUT2D eigenvalue weighted by atomic mass is 10.00. The maximum atomic E-state index is 12.9. The van der Waals surface area contributed by atoms with Crippen LogP contribution in [0.4, 0.5) is 5.95 Å². The maximum absolute atomic E-state index is 12.9. The second kappa shape index (κ2) is 10.2. The number of allylic oxidation sites excluding steroid dienone is 1. The van der Waals surface area contributed by atoms with Crippen molar-refractivity contribution in [2.45, 2.75) is 31.7 Å². The largest absolute Gasteiger partial charge is 0.378 e. The highest BCUT2D eigenvalue weighted by Crippen LogP contribution is 2.36. The highest BCUT2D eigenvalue weighted by molar-refractivity contribution is 5.92. The van der Waals surface area contributed by atoms with E-state index in [4.69, 9.17) is 19.7 Å². The molecule has 0 radical (unpaired) electrons. The van der Waals surface area contributed by atoms with Gasteiger partial charge < -0.3 is 19.1 Å². The highest BCUT2D eigenvalue weighted by Gasteiger charge is 2.28. The first-order chi connectivity index (χ1) is 19.2. The zero-order chi connectivity index (χ0) is 26.2. The SMILES string of the molecule is O=C(Cc1cccnc1)N1CCC(n2cnc3c(-c4cccc5c4C=CC5)nc(N4CCOCC4)nc32)CC1. The number of hydrogen-bond acceptors (Lipinski definition) is 7. The lowest BCUT2D eigenvalue weighted by Gasteiger charge is -2.33. The summed E-state index contributed by atoms with van der Waals surface area (Å²) in [5.74, 6) is 0.883. The van der Waals surface area contributed by atoms with E-state index < -0.39 is 0 Å². The molecule has 0 N–H and O–H groups in total. The third-order valence-electron chi connectivity index (χ3n) is 8.07. The number of fused-ring (bicyclic) bond motifs is 2. The molecule has 4 aromatic rings. The Balaban J connectivity index is 1.20. The van der Waals surface area contributed by atoms with Crippen molar-refractivity contribution >= 4 is 29.1 Å². The molecule has 1 amide bonds. The van der Waals surface area contributed by atoms with E-state index >= 15 is 0 Å². The molecule has 7 rings (SSSR count). The molecule has 3 aromatic heterocycles. The number of ether oxygens (including phenoxy) is 1. The van der Waals surface area contributed by atoms with Crippen molar-refractivity contribution in [3.63, 3.8) is 0 Å². The summed E-state index contributed by atoms with van der Waals surface area (Å²) < 4.78 is 7.81. The fourth-order valence-corrected chi connectivity index (χ4v) is 5.95. The fourth-order valence-electron chi connectivity index (χ4n) is 5.95. The van der Waals surface area contributed by atoms with Crippen LogP contribution in [0.1, 0.15) is 35.6 Å². The van der Waals surface area contributed by atoms with Crippen LogP contribution in [-0.4, -0.2) is 74.7 Å². The fraction of sp³-hybridized carbons (Fsp3) is 0.367. The monoisotopic (exact) mass is 521 g/mol. The first-order valence-electron chi connectivity index (χ1n) is 13.8. The van der Waals surface area contributed by atoms with E-state index in [0.717, 1.165) is 66.3 Å². The summed E-state index contributed by atoms with van der Waals surface area (Å²) in [6.45, 7) is 4.31. The number of pyridine rings is 1. The first kappa shape index (κ1) is 24.0. The van der Waals surface area contributed by atoms with E-state index in [9.17, 15) is 4.79 Å². The van der Waals surface area contributed by atoms with Crippen molar-refractivity contribution in [2.75, 3.05) is 44.3 Å². The number of rotatable bonds is 5. The summed E-state index contributed by atoms with van der Waals surface area (Å²) >= 11 is 0. The van der Waals surface area contributed by atoms with Crippen LogP contribution in [0, 0.1) is 0 Å². The summed E-state index contributed by atoms with van der Waals surface area (Å²) in [5.41, 5.74) is 7.16. The van der Waals surface area contributed by atoms with Crippen LogP contribution < -0.4 is 4.90 Å². The van der Waals surface area contributed by atoms with Crippen LogP contribution >= 0.6 is 0 Å². The average molecular weight is 522 g/mol. The summed E-state index contributed by atoms with van der Waals surface area (Å²) in [7, 11) is 0. The Labute approximate surface area is 227 Å². The van der Waals surface area contributed by atoms with Gasteiger partial charge >= 0.3 is 0 Å². The van der Waals surface area contributed by atoms with Crippen LogP contribution in [-0.2, 0) is 22.4 Å². The zero-order valence-electron chi connectivity index (χ0n) is 21.9. The minimum absolute atomic E-state index is 0.155. The number of benzene rings is 1. The van der Waals surface area contributed by atoms with E-state index in [1.54, 1.807) is 12.4 Å². The topological polar surface area (TPSA) is 89.3 Å². The smallest absolute Gasteiger partial charge is 0.228 e. The molecule has 198 valence electrons. The molecule has 1 aliphatic carbocycles. The average Bonchev–Trinajstić information content (AvgIpc) is 3.65. The quantitative estimate of drug-likeness (QED) is 0.396. The van der Waals surface area contributed by atoms with Crippen molar-refractivity contribution in [1.82, 2.24) is 29.4 Å². The van der Waals surface area contributed by atoms with Crippen molar-refractivity contribution < 1.29 is 9.53 Å². The third kappa shape index (κ3) is 4.57. The van der Waals surface area contributed by atoms with Crippen LogP contribution in [0.5, 0.6) is 0 Å². The van der Waals surface area contributed by atoms with Crippen molar-refractivity contribution in [3.05, 3.63) is 71.8 Å². The molecule has 2 saturated heterocycles. The third-order valence-corrected chi connectivity index (χ3v) is 8.07. The molecule has 0 saturated carbocycles. The molecule has 2 fully saturated rings. The number of imidazole rings is 1. The van der Waals surface area contributed by atoms with Crippen LogP contribution in [0.15, 0.2) is 55.1 Å². The van der Waals surface area contributed by atoms with Gasteiger partial charge in [0, 0.05) is 50.2 Å². The Hall–Kier alpha value is -4.11. The molecule has 0 spiro atoms. The molecule has 39 heavy (non-hydrogen) atoms. The molecule has 9 nitrogen and oxygen atoms in total. The van der Waals surface area contributed by atoms with E-state index in [-0.39, 0.29) is 11.9 Å². The van der Waals surface area contributed by atoms with Crippen molar-refractivity contribution in [1.29, 1.82) is 0 Å². The Bertz CT molecular complexity index is 1530. The van der Waals surface area contributed by atoms with Crippen molar-refractivity contribution in [2.24, 2.45) is 0 Å². The van der Waals surface area contributed by atoms with Gasteiger partial charge in [0.05, 0.1) is 26.0 Å². The molecular weight excluding hydrogens is 490 g/mol. The Morgan fingerprint density at radius 3 is 2.72 bits per heavy atom. The predicted molar refractivity (Wildman–Crippen MR) is 149 cm³/mol. The first-order valence-corrected chi connectivity index (χ1v) is 13.8. The standard InChI is InChI=1S/C30H31N7O2/c38-26(18-21-4-3-11-31-19-21)35-12-9-23(10-13-35)37-20-32-28-27(25-8-2-6-22-5-1-7-24(22)25)33-30(34-29(28)37)36-14-16-39-17-15-36/h1-4,6-8,11,19-20,23H,5,9-10,12-18H2. The number of likely N-dealkylation sites (tertiary alicyclic amines) is 1. The number of anilines is 1. The summed E-state index contributed by atoms with van der Waals surface area (Å²) in [6.07, 6.45) is 12.9. The molecule has 5 heterocycles. The molecule has 2 aliphatic heterocycles. The molecule has 0 bridgehead atoms. The molecule has 9 heteroatoms. The Morgan fingerprint density at radius 2 is 1.90 bits per heavy atom. The van der Waals surface area contributed by atoms with E-state index in [2.05, 4.69) is 44.8 Å². The molecule has 0 atom stereocenters. The van der Waals surface area contributed by atoms with Gasteiger partial charge in [-0.3, -0.25) is 9.78 Å². The minimum atomic E-state index is 0.155. The minimum Gasteiger partial charge on any atom is -0.378 e. The lowest BCUT2D eigenvalue weighted by molar-refractivity contribution is -0.131. The number of amides is 1. The van der Waals surface area contributed by atoms with E-state index in [1.165, 1.54) is 11.1 Å². The number of nitrogens with zero attached hydrogens (tertiary/aromatic N) is 7. The van der Waals surface area contributed by atoms with Gasteiger partial charge in [-0.25, -0.2) is 9.97 Å². The second-order valence-corrected chi connectivity index (χ2v) is 10.4. The molecular formula is C30H31N7O2. The number of aromatic nitrogens is 5. The molecule has 3 aliphatic rings. The number of carbonyl (C=O) groups is 1. The van der Waals surface area contributed by atoms with Gasteiger partial charge in [-0.15, -0.1) is 0 Å². The summed E-state index contributed by atoms with van der Waals surface area (Å²) in [6, 6.07) is 10.5. The van der Waals surface area contributed by atoms with E-state index in [0.29, 0.717) is 32.7 Å². The van der Waals surface area contributed by atoms with Gasteiger partial charge in [0.2, 0.25) is 11.9 Å². The highest BCUT2D eigenvalue weighted by atomic mass is 16.5. The number of hydrogen-bond donors (Lipinski definition) is 0. The van der Waals surface area contributed by atoms with Gasteiger partial charge in [-0.2, -0.15) is 4.98 Å². The molecule has 0 unspecified atom stereocenters. The van der Waals surface area contributed by atoms with Gasteiger partial charge in [0.15, 0.2) is 5.65 Å². The normalized spacial score (nSPS) is 17.6. The number of morpholine rings is 1. The summed E-state index contributed by atoms with van der Waals surface area (Å²) in [4.78, 5) is 36.3. The zero-order valence-corrected chi connectivity index (χ0v) is 21.9. The van der Waals surface area contributed by atoms with Gasteiger partial charge in [-0.1, -0.05) is 36.4 Å². The summed E-state index contributed by atoms with van der Waals surface area (Å²) in [5, 5.41) is 0. The van der Waals surface area contributed by atoms with Crippen molar-refractivity contribution in [3.8, 4) is 11.3 Å². The van der Waals surface area contributed by atoms with Gasteiger partial charge in [0.1, 0.15) is 11.2 Å². The Kier molecular flexibility index (Phi) is 6.28. The van der Waals surface area contributed by atoms with Crippen LogP contribution in [0.25, 0.3) is 28.5 Å². The Morgan fingerprint density at radius 1 is 1.03 bits per heavy atom. The van der Waals surface area contributed by atoms with Crippen LogP contribution in [0.2, 0.25) is 0 Å². The molecule has 1 aromatic carbocycles. The number of carbonyl (C=O) groups excluding carboxylic acids is 1. The second-order valence-electron chi connectivity index (χ2n) is 10.4. The lowest BCUT2D eigenvalue weighted by Crippen LogP contribution is -2.40. The van der Waals surface area contributed by atoms with Gasteiger partial charge in [0.25, 0.3) is 0 Å². The number of piperidine rings is 1. The van der Waals surface area contributed by atoms with Crippen LogP contribution in [0.3, 0.4) is 0 Å². The maximum Gasteiger partial charge on any atom is 0.228 e. The van der Waals surface area contributed by atoms with Gasteiger partial charge in [-0.05, 0) is 42.0 Å². The predicted octanol–water partition coefficient (Wildman–Crippen LogP) is 3.70.